The number of aromatic nitrogens is 1. The van der Waals surface area contributed by atoms with Crippen molar-refractivity contribution < 1.29 is 9.32 Å². The number of aryl methyl sites for hydroxylation is 1. The molecule has 2 unspecified atom stereocenters. The minimum absolute atomic E-state index is 0.0294. The minimum Gasteiger partial charge on any atom is -0.351 e. The predicted molar refractivity (Wildman–Crippen MR) is 60.6 cm³/mol. The highest BCUT2D eigenvalue weighted by Gasteiger charge is 2.26. The van der Waals surface area contributed by atoms with Crippen LogP contribution in [0.2, 0.25) is 0 Å². The number of hydrogen-bond acceptors (Lipinski definition) is 3. The highest BCUT2D eigenvalue weighted by molar-refractivity contribution is 6.21. The summed E-state index contributed by atoms with van der Waals surface area (Å²) in [6, 6.07) is 1.68. The van der Waals surface area contributed by atoms with E-state index in [1.165, 1.54) is 0 Å². The molecule has 1 fully saturated rings. The van der Waals surface area contributed by atoms with E-state index in [0.29, 0.717) is 5.69 Å². The minimum atomic E-state index is -0.224. The Labute approximate surface area is 99.3 Å². The molecular formula is C11H15ClN2O2. The standard InChI is InChI=1S/C11H15ClN2O2/c1-7-6-10(16-14-7)11(15)13-9-5-3-2-4-8(9)12/h6,8-9H,2-5H2,1H3,(H,13,15). The summed E-state index contributed by atoms with van der Waals surface area (Å²) in [6.45, 7) is 1.78. The maximum absolute atomic E-state index is 11.8. The van der Waals surface area contributed by atoms with E-state index in [-0.39, 0.29) is 23.1 Å². The maximum Gasteiger partial charge on any atom is 0.290 e. The third-order valence-electron chi connectivity index (χ3n) is 2.85. The van der Waals surface area contributed by atoms with Gasteiger partial charge in [-0.3, -0.25) is 4.79 Å². The Morgan fingerprint density at radius 1 is 1.56 bits per heavy atom. The average molecular weight is 243 g/mol. The number of amides is 1. The van der Waals surface area contributed by atoms with Crippen molar-refractivity contribution in [2.75, 3.05) is 0 Å². The smallest absolute Gasteiger partial charge is 0.290 e. The lowest BCUT2D eigenvalue weighted by Gasteiger charge is -2.27. The summed E-state index contributed by atoms with van der Waals surface area (Å²) in [5, 5.41) is 6.60. The summed E-state index contributed by atoms with van der Waals surface area (Å²) in [5.74, 6) is 0.0325. The van der Waals surface area contributed by atoms with Gasteiger partial charge in [-0.15, -0.1) is 11.6 Å². The van der Waals surface area contributed by atoms with Crippen LogP contribution in [0.15, 0.2) is 10.6 Å². The van der Waals surface area contributed by atoms with Crippen molar-refractivity contribution in [3.05, 3.63) is 17.5 Å². The van der Waals surface area contributed by atoms with Gasteiger partial charge >= 0.3 is 0 Å². The molecular weight excluding hydrogens is 228 g/mol. The number of hydrogen-bond donors (Lipinski definition) is 1. The third kappa shape index (κ3) is 2.55. The van der Waals surface area contributed by atoms with Gasteiger partial charge in [-0.2, -0.15) is 0 Å². The van der Waals surface area contributed by atoms with E-state index in [9.17, 15) is 4.79 Å². The molecule has 4 nitrogen and oxygen atoms in total. The molecule has 0 aromatic carbocycles. The Balaban J connectivity index is 1.96. The molecule has 1 amide bonds. The van der Waals surface area contributed by atoms with Crippen molar-refractivity contribution in [3.63, 3.8) is 0 Å². The molecule has 2 atom stereocenters. The molecule has 1 aliphatic rings. The summed E-state index contributed by atoms with van der Waals surface area (Å²) >= 11 is 6.16. The largest absolute Gasteiger partial charge is 0.351 e. The molecule has 0 spiro atoms. The van der Waals surface area contributed by atoms with E-state index in [4.69, 9.17) is 16.1 Å². The molecule has 1 N–H and O–H groups in total. The first-order chi connectivity index (χ1) is 7.66. The Hall–Kier alpha value is -1.03. The first kappa shape index (κ1) is 11.5. The lowest BCUT2D eigenvalue weighted by atomic mass is 9.95. The van der Waals surface area contributed by atoms with Crippen LogP contribution in [0, 0.1) is 6.92 Å². The predicted octanol–water partition coefficient (Wildman–Crippen LogP) is 2.26. The highest BCUT2D eigenvalue weighted by Crippen LogP contribution is 2.23. The fourth-order valence-corrected chi connectivity index (χ4v) is 2.30. The van der Waals surface area contributed by atoms with Crippen LogP contribution in [0.4, 0.5) is 0 Å². The Kier molecular flexibility index (Phi) is 3.49. The van der Waals surface area contributed by atoms with Crippen LogP contribution in [0.1, 0.15) is 41.9 Å². The Bertz CT molecular complexity index is 378. The quantitative estimate of drug-likeness (QED) is 0.810. The molecule has 1 aliphatic carbocycles. The first-order valence-electron chi connectivity index (χ1n) is 5.55. The number of nitrogens with one attached hydrogen (secondary N) is 1. The van der Waals surface area contributed by atoms with Gasteiger partial charge in [0.25, 0.3) is 5.91 Å². The van der Waals surface area contributed by atoms with Gasteiger partial charge in [0.15, 0.2) is 0 Å². The van der Waals surface area contributed by atoms with Crippen molar-refractivity contribution in [1.82, 2.24) is 10.5 Å². The normalized spacial score (nSPS) is 25.4. The van der Waals surface area contributed by atoms with Crippen LogP contribution in [-0.4, -0.2) is 22.5 Å². The second kappa shape index (κ2) is 4.87. The topological polar surface area (TPSA) is 55.1 Å². The molecule has 5 heteroatoms. The summed E-state index contributed by atoms with van der Waals surface area (Å²) in [7, 11) is 0. The van der Waals surface area contributed by atoms with Gasteiger partial charge in [0.1, 0.15) is 0 Å². The van der Waals surface area contributed by atoms with E-state index < -0.39 is 0 Å². The molecule has 1 aromatic heterocycles. The lowest BCUT2D eigenvalue weighted by molar-refractivity contribution is 0.0891. The van der Waals surface area contributed by atoms with Gasteiger partial charge in [-0.25, -0.2) is 0 Å². The van der Waals surface area contributed by atoms with E-state index in [0.717, 1.165) is 25.7 Å². The molecule has 1 heterocycles. The summed E-state index contributed by atoms with van der Waals surface area (Å²) in [5.41, 5.74) is 0.705. The summed E-state index contributed by atoms with van der Waals surface area (Å²) in [4.78, 5) is 11.8. The number of carbonyl (C=O) groups is 1. The third-order valence-corrected chi connectivity index (χ3v) is 3.37. The zero-order valence-electron chi connectivity index (χ0n) is 9.20. The monoisotopic (exact) mass is 242 g/mol. The number of alkyl halides is 1. The van der Waals surface area contributed by atoms with E-state index >= 15 is 0 Å². The highest BCUT2D eigenvalue weighted by atomic mass is 35.5. The molecule has 2 rings (SSSR count). The van der Waals surface area contributed by atoms with Crippen LogP contribution < -0.4 is 5.32 Å². The van der Waals surface area contributed by atoms with Crippen LogP contribution in [0.5, 0.6) is 0 Å². The second-order valence-electron chi connectivity index (χ2n) is 4.21. The van der Waals surface area contributed by atoms with Crippen molar-refractivity contribution in [3.8, 4) is 0 Å². The van der Waals surface area contributed by atoms with E-state index in [1.54, 1.807) is 13.0 Å². The molecule has 0 radical (unpaired) electrons. The zero-order valence-corrected chi connectivity index (χ0v) is 9.96. The van der Waals surface area contributed by atoms with Crippen molar-refractivity contribution in [2.24, 2.45) is 0 Å². The average Bonchev–Trinajstić information content (AvgIpc) is 2.68. The number of carbonyl (C=O) groups excluding carboxylic acids is 1. The van der Waals surface area contributed by atoms with Crippen molar-refractivity contribution in [1.29, 1.82) is 0 Å². The summed E-state index contributed by atoms with van der Waals surface area (Å²) < 4.78 is 4.90. The zero-order chi connectivity index (χ0) is 11.5. The van der Waals surface area contributed by atoms with Gasteiger partial charge in [0.05, 0.1) is 11.1 Å². The number of rotatable bonds is 2. The van der Waals surface area contributed by atoms with E-state index in [2.05, 4.69) is 10.5 Å². The van der Waals surface area contributed by atoms with Gasteiger partial charge in [0, 0.05) is 12.1 Å². The van der Waals surface area contributed by atoms with Crippen LogP contribution in [-0.2, 0) is 0 Å². The van der Waals surface area contributed by atoms with Crippen LogP contribution in [0.25, 0.3) is 0 Å². The molecule has 16 heavy (non-hydrogen) atoms. The fraction of sp³-hybridized carbons (Fsp3) is 0.636. The Morgan fingerprint density at radius 2 is 2.31 bits per heavy atom. The van der Waals surface area contributed by atoms with Crippen molar-refractivity contribution >= 4 is 17.5 Å². The molecule has 0 aliphatic heterocycles. The molecule has 0 bridgehead atoms. The van der Waals surface area contributed by atoms with Crippen molar-refractivity contribution in [2.45, 2.75) is 44.0 Å². The first-order valence-corrected chi connectivity index (χ1v) is 5.98. The molecule has 0 saturated heterocycles. The Morgan fingerprint density at radius 3 is 2.94 bits per heavy atom. The second-order valence-corrected chi connectivity index (χ2v) is 4.77. The van der Waals surface area contributed by atoms with Crippen LogP contribution >= 0.6 is 11.6 Å². The summed E-state index contributed by atoms with van der Waals surface area (Å²) in [6.07, 6.45) is 4.15. The van der Waals surface area contributed by atoms with Gasteiger partial charge < -0.3 is 9.84 Å². The van der Waals surface area contributed by atoms with Gasteiger partial charge in [-0.05, 0) is 19.8 Å². The maximum atomic E-state index is 11.8. The lowest BCUT2D eigenvalue weighted by Crippen LogP contribution is -2.42. The van der Waals surface area contributed by atoms with Gasteiger partial charge in [0.2, 0.25) is 5.76 Å². The SMILES string of the molecule is Cc1cc(C(=O)NC2CCCCC2Cl)on1. The van der Waals surface area contributed by atoms with E-state index in [1.807, 2.05) is 0 Å². The van der Waals surface area contributed by atoms with Crippen LogP contribution in [0.3, 0.4) is 0 Å². The molecule has 1 aromatic rings. The fourth-order valence-electron chi connectivity index (χ4n) is 1.96. The number of halogens is 1. The van der Waals surface area contributed by atoms with Gasteiger partial charge in [-0.1, -0.05) is 18.0 Å². The number of nitrogens with zero attached hydrogens (tertiary/aromatic N) is 1. The molecule has 1 saturated carbocycles. The molecule has 88 valence electrons.